The highest BCUT2D eigenvalue weighted by Crippen LogP contribution is 2.22. The van der Waals surface area contributed by atoms with Gasteiger partial charge in [-0.05, 0) is 19.3 Å². The van der Waals surface area contributed by atoms with Gasteiger partial charge in [0.15, 0.2) is 0 Å². The highest BCUT2D eigenvalue weighted by Gasteiger charge is 2.21. The number of oxazole rings is 1. The zero-order valence-electron chi connectivity index (χ0n) is 8.86. The first-order chi connectivity index (χ1) is 7.66. The predicted molar refractivity (Wildman–Crippen MR) is 54.3 cm³/mol. The number of carboxylic acid groups (broad SMARTS) is 1. The number of nitrogens with zero attached hydrogens (tertiary/aromatic N) is 1. The van der Waals surface area contributed by atoms with Crippen LogP contribution in [0.25, 0.3) is 0 Å². The van der Waals surface area contributed by atoms with E-state index < -0.39 is 5.97 Å². The summed E-state index contributed by atoms with van der Waals surface area (Å²) >= 11 is 0. The third-order valence-electron chi connectivity index (χ3n) is 2.65. The molecule has 1 N–H and O–H groups in total. The lowest BCUT2D eigenvalue weighted by atomic mass is 10.0. The number of hydrogen-bond acceptors (Lipinski definition) is 4. The number of aryl methyl sites for hydroxylation is 2. The Hall–Kier alpha value is -1.65. The van der Waals surface area contributed by atoms with Gasteiger partial charge >= 0.3 is 5.97 Å². The minimum absolute atomic E-state index is 0.0469. The van der Waals surface area contributed by atoms with Crippen molar-refractivity contribution < 1.29 is 19.1 Å². The number of Topliss-reactive ketones (excluding diaryl/α,β-unsaturated/α-hetero) is 1. The molecule has 0 aromatic carbocycles. The quantitative estimate of drug-likeness (QED) is 0.784. The van der Waals surface area contributed by atoms with Crippen LogP contribution in [-0.2, 0) is 17.6 Å². The molecule has 0 radical (unpaired) electrons. The second-order valence-electron chi connectivity index (χ2n) is 3.91. The molecule has 0 unspecified atom stereocenters. The average molecular weight is 223 g/mol. The molecule has 0 atom stereocenters. The van der Waals surface area contributed by atoms with E-state index in [1.54, 1.807) is 0 Å². The molecule has 0 spiro atoms. The van der Waals surface area contributed by atoms with Gasteiger partial charge in [-0.3, -0.25) is 9.59 Å². The van der Waals surface area contributed by atoms with Crippen LogP contribution >= 0.6 is 0 Å². The van der Waals surface area contributed by atoms with Crippen LogP contribution in [0.15, 0.2) is 4.42 Å². The molecule has 1 aromatic heterocycles. The number of carboxylic acids is 1. The average Bonchev–Trinajstić information content (AvgIpc) is 2.69. The van der Waals surface area contributed by atoms with Crippen molar-refractivity contribution in [2.45, 2.75) is 38.5 Å². The fraction of sp³-hybridized carbons (Fsp3) is 0.545. The monoisotopic (exact) mass is 223 g/mol. The lowest BCUT2D eigenvalue weighted by Crippen LogP contribution is -2.04. The fourth-order valence-electron chi connectivity index (χ4n) is 1.80. The van der Waals surface area contributed by atoms with Gasteiger partial charge in [0.2, 0.25) is 5.78 Å². The molecule has 0 amide bonds. The van der Waals surface area contributed by atoms with Crippen LogP contribution in [0.3, 0.4) is 0 Å². The molecule has 0 bridgehead atoms. The highest BCUT2D eigenvalue weighted by molar-refractivity contribution is 5.93. The van der Waals surface area contributed by atoms with Gasteiger partial charge in [-0.2, -0.15) is 0 Å². The number of carbonyl (C=O) groups excluding carboxylic acids is 1. The summed E-state index contributed by atoms with van der Waals surface area (Å²) in [5.74, 6) is -0.431. The molecule has 5 nitrogen and oxygen atoms in total. The maximum absolute atomic E-state index is 11.5. The number of rotatable bonds is 4. The molecule has 0 saturated carbocycles. The van der Waals surface area contributed by atoms with E-state index in [0.29, 0.717) is 0 Å². The summed E-state index contributed by atoms with van der Waals surface area (Å²) in [4.78, 5) is 26.0. The molecule has 1 aromatic rings. The van der Waals surface area contributed by atoms with E-state index in [4.69, 9.17) is 9.52 Å². The van der Waals surface area contributed by atoms with E-state index >= 15 is 0 Å². The van der Waals surface area contributed by atoms with E-state index in [0.717, 1.165) is 37.1 Å². The summed E-state index contributed by atoms with van der Waals surface area (Å²) in [6.45, 7) is 0. The van der Waals surface area contributed by atoms with Crippen LogP contribution in [0, 0.1) is 0 Å². The highest BCUT2D eigenvalue weighted by atomic mass is 16.4. The molecular formula is C11H13NO4. The number of ketones is 1. The largest absolute Gasteiger partial charge is 0.481 e. The van der Waals surface area contributed by atoms with Crippen LogP contribution in [-0.4, -0.2) is 21.8 Å². The first-order valence-electron chi connectivity index (χ1n) is 5.40. The summed E-state index contributed by atoms with van der Waals surface area (Å²) in [5, 5.41) is 8.47. The normalized spacial score (nSPS) is 14.5. The van der Waals surface area contributed by atoms with Crippen molar-refractivity contribution >= 4 is 11.8 Å². The zero-order valence-corrected chi connectivity index (χ0v) is 8.86. The number of carbonyl (C=O) groups is 2. The van der Waals surface area contributed by atoms with Crippen molar-refractivity contribution in [1.82, 2.24) is 4.98 Å². The summed E-state index contributed by atoms with van der Waals surface area (Å²) in [5.41, 5.74) is 0.866. The molecule has 2 rings (SSSR count). The first-order valence-corrected chi connectivity index (χ1v) is 5.40. The Labute approximate surface area is 92.5 Å². The Bertz CT molecular complexity index is 398. The Balaban J connectivity index is 2.06. The van der Waals surface area contributed by atoms with Gasteiger partial charge in [-0.15, -0.1) is 0 Å². The smallest absolute Gasteiger partial charge is 0.303 e. The van der Waals surface area contributed by atoms with Crippen molar-refractivity contribution in [3.63, 3.8) is 0 Å². The van der Waals surface area contributed by atoms with Gasteiger partial charge in [0, 0.05) is 12.8 Å². The minimum atomic E-state index is -0.982. The third kappa shape index (κ3) is 2.29. The van der Waals surface area contributed by atoms with Crippen molar-refractivity contribution in [3.05, 3.63) is 17.3 Å². The molecule has 0 aliphatic heterocycles. The summed E-state index contributed by atoms with van der Waals surface area (Å²) in [7, 11) is 0. The van der Waals surface area contributed by atoms with Gasteiger partial charge in [-0.1, -0.05) is 0 Å². The zero-order chi connectivity index (χ0) is 11.5. The minimum Gasteiger partial charge on any atom is -0.481 e. The maximum atomic E-state index is 11.5. The molecule has 1 aliphatic rings. The van der Waals surface area contributed by atoms with Crippen LogP contribution < -0.4 is 0 Å². The van der Waals surface area contributed by atoms with Gasteiger partial charge in [0.05, 0.1) is 12.1 Å². The maximum Gasteiger partial charge on any atom is 0.303 e. The number of aliphatic carboxylic acids is 1. The SMILES string of the molecule is O=C(O)CCC(=O)c1nc2c(o1)CCCC2. The lowest BCUT2D eigenvalue weighted by molar-refractivity contribution is -0.136. The Morgan fingerprint density at radius 3 is 2.69 bits per heavy atom. The van der Waals surface area contributed by atoms with Gasteiger partial charge < -0.3 is 9.52 Å². The van der Waals surface area contributed by atoms with E-state index in [1.165, 1.54) is 0 Å². The lowest BCUT2D eigenvalue weighted by Gasteiger charge is -2.05. The van der Waals surface area contributed by atoms with E-state index in [9.17, 15) is 9.59 Å². The van der Waals surface area contributed by atoms with E-state index in [1.807, 2.05) is 0 Å². The van der Waals surface area contributed by atoms with Crippen LogP contribution in [0.2, 0.25) is 0 Å². The van der Waals surface area contributed by atoms with Crippen LogP contribution in [0.5, 0.6) is 0 Å². The number of hydrogen-bond donors (Lipinski definition) is 1. The van der Waals surface area contributed by atoms with Crippen molar-refractivity contribution in [2.75, 3.05) is 0 Å². The fourth-order valence-corrected chi connectivity index (χ4v) is 1.80. The van der Waals surface area contributed by atoms with E-state index in [2.05, 4.69) is 4.98 Å². The predicted octanol–water partition coefficient (Wildman–Crippen LogP) is 1.60. The Kier molecular flexibility index (Phi) is 3.03. The standard InChI is InChI=1S/C11H13NO4/c13-8(5-6-10(14)15)11-12-7-3-1-2-4-9(7)16-11/h1-6H2,(H,14,15). The van der Waals surface area contributed by atoms with Gasteiger partial charge in [0.1, 0.15) is 5.76 Å². The summed E-state index contributed by atoms with van der Waals surface area (Å²) in [6.07, 6.45) is 3.59. The molecular weight excluding hydrogens is 210 g/mol. The molecule has 0 saturated heterocycles. The molecule has 16 heavy (non-hydrogen) atoms. The van der Waals surface area contributed by atoms with E-state index in [-0.39, 0.29) is 24.5 Å². The Morgan fingerprint density at radius 1 is 1.25 bits per heavy atom. The molecule has 1 aliphatic carbocycles. The number of fused-ring (bicyclic) bond motifs is 1. The second kappa shape index (κ2) is 4.47. The first kappa shape index (κ1) is 10.9. The molecule has 1 heterocycles. The van der Waals surface area contributed by atoms with Crippen molar-refractivity contribution in [2.24, 2.45) is 0 Å². The molecule has 0 fully saturated rings. The summed E-state index contributed by atoms with van der Waals surface area (Å²) in [6, 6.07) is 0. The summed E-state index contributed by atoms with van der Waals surface area (Å²) < 4.78 is 5.35. The molecule has 86 valence electrons. The molecule has 5 heteroatoms. The topological polar surface area (TPSA) is 80.4 Å². The number of aromatic nitrogens is 1. The van der Waals surface area contributed by atoms with Gasteiger partial charge in [0.25, 0.3) is 5.89 Å². The van der Waals surface area contributed by atoms with Crippen molar-refractivity contribution in [3.8, 4) is 0 Å². The van der Waals surface area contributed by atoms with Crippen LogP contribution in [0.1, 0.15) is 47.8 Å². The van der Waals surface area contributed by atoms with Gasteiger partial charge in [-0.25, -0.2) is 4.98 Å². The van der Waals surface area contributed by atoms with Crippen LogP contribution in [0.4, 0.5) is 0 Å². The Morgan fingerprint density at radius 2 is 2.00 bits per heavy atom. The second-order valence-corrected chi connectivity index (χ2v) is 3.91. The van der Waals surface area contributed by atoms with Crippen molar-refractivity contribution in [1.29, 1.82) is 0 Å². The third-order valence-corrected chi connectivity index (χ3v) is 2.65.